The highest BCUT2D eigenvalue weighted by molar-refractivity contribution is 5.85. The molecule has 0 unspecified atom stereocenters. The Morgan fingerprint density at radius 2 is 1.29 bits per heavy atom. The minimum Gasteiger partial charge on any atom is -0.396 e. The molecule has 0 saturated heterocycles. The van der Waals surface area contributed by atoms with Crippen LogP contribution in [0.4, 0.5) is 0 Å². The molecular formula is C26H33NO. The normalized spacial score (nSPS) is 11.2. The molecule has 2 heteroatoms. The van der Waals surface area contributed by atoms with Crippen molar-refractivity contribution in [3.63, 3.8) is 0 Å². The Morgan fingerprint density at radius 1 is 0.607 bits per heavy atom. The largest absolute Gasteiger partial charge is 0.396 e. The minimum atomic E-state index is 0.295. The molecule has 0 fully saturated rings. The summed E-state index contributed by atoms with van der Waals surface area (Å²) in [6, 6.07) is 19.7. The van der Waals surface area contributed by atoms with E-state index in [-0.39, 0.29) is 0 Å². The lowest BCUT2D eigenvalue weighted by atomic mass is 9.96. The van der Waals surface area contributed by atoms with Crippen molar-refractivity contribution in [2.75, 3.05) is 6.61 Å². The number of aryl methyl sites for hydroxylation is 3. The van der Waals surface area contributed by atoms with Crippen LogP contribution in [0.5, 0.6) is 0 Å². The number of unbranched alkanes of at least 4 members (excludes halogenated alkanes) is 5. The molecule has 148 valence electrons. The van der Waals surface area contributed by atoms with Gasteiger partial charge in [0.1, 0.15) is 0 Å². The van der Waals surface area contributed by atoms with E-state index in [1.54, 1.807) is 0 Å². The molecule has 0 amide bonds. The SMILES string of the molecule is OCCCCCc1ccc(CCCCCCc2ccccc2)c2cccnc12. The summed E-state index contributed by atoms with van der Waals surface area (Å²) in [4.78, 5) is 4.68. The number of nitrogens with zero attached hydrogens (tertiary/aromatic N) is 1. The summed E-state index contributed by atoms with van der Waals surface area (Å²) in [6.07, 6.45) is 13.5. The third-order valence-electron chi connectivity index (χ3n) is 5.55. The third-order valence-corrected chi connectivity index (χ3v) is 5.55. The lowest BCUT2D eigenvalue weighted by molar-refractivity contribution is 0.283. The van der Waals surface area contributed by atoms with E-state index in [1.807, 2.05) is 6.20 Å². The number of hydrogen-bond acceptors (Lipinski definition) is 2. The monoisotopic (exact) mass is 375 g/mol. The highest BCUT2D eigenvalue weighted by atomic mass is 16.2. The number of fused-ring (bicyclic) bond motifs is 1. The van der Waals surface area contributed by atoms with E-state index in [0.29, 0.717) is 6.61 Å². The molecule has 0 atom stereocenters. The highest BCUT2D eigenvalue weighted by Gasteiger charge is 2.07. The van der Waals surface area contributed by atoms with Crippen molar-refractivity contribution in [1.82, 2.24) is 4.98 Å². The molecule has 1 heterocycles. The van der Waals surface area contributed by atoms with Gasteiger partial charge in [-0.05, 0) is 67.7 Å². The number of aromatic nitrogens is 1. The van der Waals surface area contributed by atoms with Gasteiger partial charge in [0.2, 0.25) is 0 Å². The molecule has 0 bridgehead atoms. The van der Waals surface area contributed by atoms with Crippen molar-refractivity contribution < 1.29 is 5.11 Å². The van der Waals surface area contributed by atoms with Gasteiger partial charge >= 0.3 is 0 Å². The molecule has 1 N–H and O–H groups in total. The topological polar surface area (TPSA) is 33.1 Å². The van der Waals surface area contributed by atoms with Crippen molar-refractivity contribution in [2.45, 2.75) is 64.2 Å². The molecule has 28 heavy (non-hydrogen) atoms. The Hall–Kier alpha value is -2.19. The molecule has 2 aromatic carbocycles. The molecule has 3 rings (SSSR count). The lowest BCUT2D eigenvalue weighted by Crippen LogP contribution is -1.96. The second kappa shape index (κ2) is 11.6. The highest BCUT2D eigenvalue weighted by Crippen LogP contribution is 2.24. The van der Waals surface area contributed by atoms with Crippen LogP contribution in [-0.4, -0.2) is 16.7 Å². The van der Waals surface area contributed by atoms with E-state index in [1.165, 1.54) is 59.7 Å². The van der Waals surface area contributed by atoms with Gasteiger partial charge in [-0.2, -0.15) is 0 Å². The second-order valence-electron chi connectivity index (χ2n) is 7.72. The third kappa shape index (κ3) is 6.17. The summed E-state index contributed by atoms with van der Waals surface area (Å²) >= 11 is 0. The fraction of sp³-hybridized carbons (Fsp3) is 0.423. The smallest absolute Gasteiger partial charge is 0.0736 e. The Balaban J connectivity index is 1.49. The zero-order valence-corrected chi connectivity index (χ0v) is 16.9. The van der Waals surface area contributed by atoms with E-state index in [2.05, 4.69) is 59.6 Å². The van der Waals surface area contributed by atoms with Gasteiger partial charge in [-0.15, -0.1) is 0 Å². The van der Waals surface area contributed by atoms with Crippen LogP contribution in [0.25, 0.3) is 10.9 Å². The van der Waals surface area contributed by atoms with E-state index in [9.17, 15) is 0 Å². The molecule has 0 saturated carbocycles. The van der Waals surface area contributed by atoms with Crippen molar-refractivity contribution >= 4 is 10.9 Å². The first-order valence-electron chi connectivity index (χ1n) is 10.9. The molecule has 0 aliphatic heterocycles. The average molecular weight is 376 g/mol. The predicted octanol–water partition coefficient (Wildman–Crippen LogP) is 6.29. The molecule has 3 aromatic rings. The van der Waals surface area contributed by atoms with Crippen LogP contribution in [0.2, 0.25) is 0 Å². The second-order valence-corrected chi connectivity index (χ2v) is 7.72. The van der Waals surface area contributed by atoms with Gasteiger partial charge < -0.3 is 5.11 Å². The van der Waals surface area contributed by atoms with Crippen molar-refractivity contribution in [1.29, 1.82) is 0 Å². The van der Waals surface area contributed by atoms with Crippen LogP contribution in [0.3, 0.4) is 0 Å². The summed E-state index contributed by atoms with van der Waals surface area (Å²) in [5, 5.41) is 10.3. The van der Waals surface area contributed by atoms with Gasteiger partial charge in [-0.1, -0.05) is 67.8 Å². The maximum absolute atomic E-state index is 8.95. The number of hydrogen-bond donors (Lipinski definition) is 1. The quantitative estimate of drug-likeness (QED) is 0.378. The van der Waals surface area contributed by atoms with Crippen LogP contribution in [-0.2, 0) is 19.3 Å². The van der Waals surface area contributed by atoms with Crippen LogP contribution >= 0.6 is 0 Å². The van der Waals surface area contributed by atoms with Gasteiger partial charge in [0.15, 0.2) is 0 Å². The number of rotatable bonds is 12. The first-order valence-corrected chi connectivity index (χ1v) is 10.9. The molecule has 0 aliphatic carbocycles. The van der Waals surface area contributed by atoms with Crippen molar-refractivity contribution in [3.05, 3.63) is 77.5 Å². The first-order chi connectivity index (χ1) is 13.9. The molecule has 0 aliphatic rings. The molecular weight excluding hydrogens is 342 g/mol. The molecule has 0 radical (unpaired) electrons. The van der Waals surface area contributed by atoms with E-state index in [0.717, 1.165) is 32.1 Å². The minimum absolute atomic E-state index is 0.295. The molecule has 2 nitrogen and oxygen atoms in total. The zero-order valence-electron chi connectivity index (χ0n) is 16.9. The maximum atomic E-state index is 8.95. The maximum Gasteiger partial charge on any atom is 0.0736 e. The molecule has 1 aromatic heterocycles. The van der Waals surface area contributed by atoms with Crippen LogP contribution in [0.15, 0.2) is 60.8 Å². The van der Waals surface area contributed by atoms with Gasteiger partial charge in [-0.3, -0.25) is 4.98 Å². The predicted molar refractivity (Wildman–Crippen MR) is 119 cm³/mol. The standard InChI is InChI=1S/C26H33NO/c28-21-10-4-9-16-24-19-18-23(25-17-11-20-27-26(24)25)15-8-2-1-5-12-22-13-6-3-7-14-22/h3,6-7,11,13-14,17-20,28H,1-2,4-5,8-10,12,15-16,21H2. The van der Waals surface area contributed by atoms with E-state index >= 15 is 0 Å². The Kier molecular flexibility index (Phi) is 8.52. The number of pyridine rings is 1. The van der Waals surface area contributed by atoms with E-state index in [4.69, 9.17) is 5.11 Å². The number of benzene rings is 2. The summed E-state index contributed by atoms with van der Waals surface area (Å²) in [5.41, 5.74) is 5.41. The lowest BCUT2D eigenvalue weighted by Gasteiger charge is -2.11. The summed E-state index contributed by atoms with van der Waals surface area (Å²) in [6.45, 7) is 0.295. The Labute approximate surface area is 169 Å². The van der Waals surface area contributed by atoms with E-state index < -0.39 is 0 Å². The van der Waals surface area contributed by atoms with Gasteiger partial charge in [-0.25, -0.2) is 0 Å². The van der Waals surface area contributed by atoms with Crippen LogP contribution in [0, 0.1) is 0 Å². The van der Waals surface area contributed by atoms with Crippen molar-refractivity contribution in [3.8, 4) is 0 Å². The Morgan fingerprint density at radius 3 is 2.07 bits per heavy atom. The Bertz CT molecular complexity index is 828. The van der Waals surface area contributed by atoms with Gasteiger partial charge in [0.25, 0.3) is 0 Å². The van der Waals surface area contributed by atoms with Crippen LogP contribution < -0.4 is 0 Å². The summed E-state index contributed by atoms with van der Waals surface area (Å²) in [5.74, 6) is 0. The fourth-order valence-corrected chi connectivity index (χ4v) is 3.96. The number of aliphatic hydroxyl groups excluding tert-OH is 1. The number of aliphatic hydroxyl groups is 1. The van der Waals surface area contributed by atoms with Gasteiger partial charge in [0.05, 0.1) is 5.52 Å². The van der Waals surface area contributed by atoms with Crippen molar-refractivity contribution in [2.24, 2.45) is 0 Å². The fourth-order valence-electron chi connectivity index (χ4n) is 3.96. The van der Waals surface area contributed by atoms with Crippen LogP contribution in [0.1, 0.15) is 61.6 Å². The first kappa shape index (κ1) is 20.5. The molecule has 0 spiro atoms. The average Bonchev–Trinajstić information content (AvgIpc) is 2.75. The van der Waals surface area contributed by atoms with Gasteiger partial charge in [0, 0.05) is 18.2 Å². The summed E-state index contributed by atoms with van der Waals surface area (Å²) in [7, 11) is 0. The summed E-state index contributed by atoms with van der Waals surface area (Å²) < 4.78 is 0. The zero-order chi connectivity index (χ0) is 19.4.